The van der Waals surface area contributed by atoms with E-state index in [2.05, 4.69) is 15.4 Å². The standard InChI is InChI=1S/C20H23N5O4/c1-24-14-6-2-3-7-15(14)28-12-13(18(24)27)21-17(26)16-22-19-20(8-4-5-9-20)29-11-10-25(19)23-16/h2-3,6-7,13H,4-5,8-12H2,1H3,(H,21,26)/t13-/m0/s1. The summed E-state index contributed by atoms with van der Waals surface area (Å²) < 4.78 is 13.6. The summed E-state index contributed by atoms with van der Waals surface area (Å²) >= 11 is 0. The van der Waals surface area contributed by atoms with Gasteiger partial charge in [-0.25, -0.2) is 9.67 Å². The summed E-state index contributed by atoms with van der Waals surface area (Å²) in [6, 6.07) is 6.47. The van der Waals surface area contributed by atoms with Crippen LogP contribution in [0.15, 0.2) is 24.3 Å². The molecule has 0 saturated heterocycles. The van der Waals surface area contributed by atoms with Crippen molar-refractivity contribution in [2.75, 3.05) is 25.2 Å². The number of rotatable bonds is 2. The van der Waals surface area contributed by atoms with Crippen LogP contribution in [0.1, 0.15) is 42.1 Å². The number of hydrogen-bond donors (Lipinski definition) is 1. The molecule has 2 aliphatic heterocycles. The Kier molecular flexibility index (Phi) is 4.27. The minimum Gasteiger partial charge on any atom is -0.489 e. The summed E-state index contributed by atoms with van der Waals surface area (Å²) in [7, 11) is 1.67. The predicted octanol–water partition coefficient (Wildman–Crippen LogP) is 1.23. The first-order chi connectivity index (χ1) is 14.1. The molecule has 0 radical (unpaired) electrons. The summed E-state index contributed by atoms with van der Waals surface area (Å²) in [6.07, 6.45) is 3.94. The Hall–Kier alpha value is -2.94. The predicted molar refractivity (Wildman–Crippen MR) is 103 cm³/mol. The number of likely N-dealkylation sites (N-methyl/N-ethyl adjacent to an activating group) is 1. The molecule has 9 nitrogen and oxygen atoms in total. The molecule has 1 aromatic carbocycles. The summed E-state index contributed by atoms with van der Waals surface area (Å²) in [6.45, 7) is 1.18. The van der Waals surface area contributed by atoms with Gasteiger partial charge >= 0.3 is 0 Å². The highest BCUT2D eigenvalue weighted by atomic mass is 16.5. The molecule has 0 unspecified atom stereocenters. The van der Waals surface area contributed by atoms with Crippen LogP contribution in [-0.2, 0) is 21.7 Å². The first-order valence-electron chi connectivity index (χ1n) is 9.97. The van der Waals surface area contributed by atoms with Crippen LogP contribution in [0.2, 0.25) is 0 Å². The Labute approximate surface area is 168 Å². The number of amides is 2. The maximum atomic E-state index is 12.9. The fraction of sp³-hybridized carbons (Fsp3) is 0.500. The van der Waals surface area contributed by atoms with E-state index in [4.69, 9.17) is 9.47 Å². The minimum atomic E-state index is -0.822. The number of aromatic nitrogens is 3. The fourth-order valence-corrected chi connectivity index (χ4v) is 4.42. The molecular formula is C20H23N5O4. The van der Waals surface area contributed by atoms with E-state index in [9.17, 15) is 9.59 Å². The Morgan fingerprint density at radius 3 is 2.90 bits per heavy atom. The molecule has 152 valence electrons. The van der Waals surface area contributed by atoms with Gasteiger partial charge in [0.15, 0.2) is 5.82 Å². The SMILES string of the molecule is CN1C(=O)[C@@H](NC(=O)c2nc3n(n2)CCOC32CCCC2)COc2ccccc21. The Morgan fingerprint density at radius 1 is 1.28 bits per heavy atom. The van der Waals surface area contributed by atoms with Crippen LogP contribution in [0.3, 0.4) is 0 Å². The van der Waals surface area contributed by atoms with E-state index in [-0.39, 0.29) is 18.3 Å². The van der Waals surface area contributed by atoms with E-state index < -0.39 is 17.6 Å². The van der Waals surface area contributed by atoms with Crippen molar-refractivity contribution < 1.29 is 19.1 Å². The van der Waals surface area contributed by atoms with Crippen LogP contribution in [0, 0.1) is 0 Å². The van der Waals surface area contributed by atoms with Crippen LogP contribution in [0.25, 0.3) is 0 Å². The molecule has 1 aromatic heterocycles. The molecule has 1 fully saturated rings. The van der Waals surface area contributed by atoms with Gasteiger partial charge in [0.1, 0.15) is 24.0 Å². The van der Waals surface area contributed by atoms with Gasteiger partial charge in [-0.2, -0.15) is 0 Å². The Bertz CT molecular complexity index is 966. The fourth-order valence-electron chi connectivity index (χ4n) is 4.42. The van der Waals surface area contributed by atoms with Gasteiger partial charge in [-0.05, 0) is 37.8 Å². The Balaban J connectivity index is 1.36. The number of hydrogen-bond acceptors (Lipinski definition) is 6. The zero-order chi connectivity index (χ0) is 20.0. The molecule has 1 atom stereocenters. The molecule has 3 heterocycles. The first kappa shape index (κ1) is 18.1. The largest absolute Gasteiger partial charge is 0.489 e. The van der Waals surface area contributed by atoms with Gasteiger partial charge in [0.2, 0.25) is 5.82 Å². The zero-order valence-electron chi connectivity index (χ0n) is 16.3. The van der Waals surface area contributed by atoms with Gasteiger partial charge < -0.3 is 19.7 Å². The molecule has 1 spiro atoms. The van der Waals surface area contributed by atoms with Crippen molar-refractivity contribution in [1.29, 1.82) is 0 Å². The lowest BCUT2D eigenvalue weighted by Gasteiger charge is -2.32. The van der Waals surface area contributed by atoms with Crippen molar-refractivity contribution in [3.05, 3.63) is 35.9 Å². The highest BCUT2D eigenvalue weighted by molar-refractivity contribution is 6.02. The first-order valence-corrected chi connectivity index (χ1v) is 9.97. The molecule has 2 aromatic rings. The maximum absolute atomic E-state index is 12.9. The lowest BCUT2D eigenvalue weighted by atomic mass is 10.00. The van der Waals surface area contributed by atoms with Crippen LogP contribution < -0.4 is 15.0 Å². The van der Waals surface area contributed by atoms with E-state index in [0.29, 0.717) is 24.6 Å². The number of carbonyl (C=O) groups is 2. The molecule has 1 N–H and O–H groups in total. The topological polar surface area (TPSA) is 98.6 Å². The number of ether oxygens (including phenoxy) is 2. The third kappa shape index (κ3) is 2.96. The number of nitrogens with zero attached hydrogens (tertiary/aromatic N) is 4. The maximum Gasteiger partial charge on any atom is 0.291 e. The molecular weight excluding hydrogens is 374 g/mol. The van der Waals surface area contributed by atoms with Crippen molar-refractivity contribution in [3.63, 3.8) is 0 Å². The van der Waals surface area contributed by atoms with Gasteiger partial charge in [-0.1, -0.05) is 12.1 Å². The van der Waals surface area contributed by atoms with Crippen LogP contribution in [-0.4, -0.2) is 52.9 Å². The number of para-hydroxylation sites is 2. The van der Waals surface area contributed by atoms with E-state index in [1.165, 1.54) is 4.90 Å². The molecule has 29 heavy (non-hydrogen) atoms. The van der Waals surface area contributed by atoms with Crippen molar-refractivity contribution in [2.45, 2.75) is 43.9 Å². The van der Waals surface area contributed by atoms with Crippen molar-refractivity contribution >= 4 is 17.5 Å². The third-order valence-electron chi connectivity index (χ3n) is 5.94. The summed E-state index contributed by atoms with van der Waals surface area (Å²) in [5.41, 5.74) is 0.248. The van der Waals surface area contributed by atoms with E-state index >= 15 is 0 Å². The molecule has 2 amide bonds. The van der Waals surface area contributed by atoms with Crippen LogP contribution in [0.5, 0.6) is 5.75 Å². The minimum absolute atomic E-state index is 0.0482. The van der Waals surface area contributed by atoms with Gasteiger partial charge in [-0.15, -0.1) is 5.10 Å². The normalized spacial score (nSPS) is 22.6. The van der Waals surface area contributed by atoms with Crippen molar-refractivity contribution in [1.82, 2.24) is 20.1 Å². The van der Waals surface area contributed by atoms with E-state index in [0.717, 1.165) is 31.5 Å². The smallest absolute Gasteiger partial charge is 0.291 e. The second-order valence-corrected chi connectivity index (χ2v) is 7.73. The quantitative estimate of drug-likeness (QED) is 0.819. The van der Waals surface area contributed by atoms with Gasteiger partial charge in [0, 0.05) is 7.05 Å². The monoisotopic (exact) mass is 397 g/mol. The number of carbonyl (C=O) groups excluding carboxylic acids is 2. The lowest BCUT2D eigenvalue weighted by Crippen LogP contribution is -2.49. The number of nitrogens with one attached hydrogen (secondary N) is 1. The van der Waals surface area contributed by atoms with E-state index in [1.807, 2.05) is 18.2 Å². The van der Waals surface area contributed by atoms with Crippen LogP contribution >= 0.6 is 0 Å². The van der Waals surface area contributed by atoms with Crippen molar-refractivity contribution in [3.8, 4) is 5.75 Å². The summed E-state index contributed by atoms with van der Waals surface area (Å²) in [5.74, 6) is 0.661. The van der Waals surface area contributed by atoms with Gasteiger partial charge in [0.05, 0.1) is 18.8 Å². The number of benzene rings is 1. The average Bonchev–Trinajstić information content (AvgIpc) is 3.36. The second kappa shape index (κ2) is 6.84. The van der Waals surface area contributed by atoms with E-state index in [1.54, 1.807) is 17.8 Å². The van der Waals surface area contributed by atoms with Crippen molar-refractivity contribution in [2.24, 2.45) is 0 Å². The summed E-state index contributed by atoms with van der Waals surface area (Å²) in [4.78, 5) is 31.7. The number of anilines is 1. The number of fused-ring (bicyclic) bond motifs is 3. The molecule has 9 heteroatoms. The van der Waals surface area contributed by atoms with Gasteiger partial charge in [0.25, 0.3) is 11.8 Å². The molecule has 5 rings (SSSR count). The lowest BCUT2D eigenvalue weighted by molar-refractivity contribution is -0.120. The molecule has 1 saturated carbocycles. The zero-order valence-corrected chi connectivity index (χ0v) is 16.3. The Morgan fingerprint density at radius 2 is 2.07 bits per heavy atom. The molecule has 1 aliphatic carbocycles. The second-order valence-electron chi connectivity index (χ2n) is 7.73. The molecule has 3 aliphatic rings. The average molecular weight is 397 g/mol. The molecule has 0 bridgehead atoms. The third-order valence-corrected chi connectivity index (χ3v) is 5.94. The highest BCUT2D eigenvalue weighted by Gasteiger charge is 2.44. The van der Waals surface area contributed by atoms with Crippen LogP contribution in [0.4, 0.5) is 5.69 Å². The highest BCUT2D eigenvalue weighted by Crippen LogP contribution is 2.42. The van der Waals surface area contributed by atoms with Gasteiger partial charge in [-0.3, -0.25) is 9.59 Å². The summed E-state index contributed by atoms with van der Waals surface area (Å²) in [5, 5.41) is 7.13.